The van der Waals surface area contributed by atoms with Gasteiger partial charge in [0.05, 0.1) is 6.04 Å². The maximum absolute atomic E-state index is 12.8. The number of carbonyl (C=O) groups is 2. The number of benzene rings is 1. The molecule has 3 rings (SSSR count). The molecule has 0 saturated carbocycles. The first-order valence-electron chi connectivity index (χ1n) is 8.57. The van der Waals surface area contributed by atoms with Gasteiger partial charge in [0.25, 0.3) is 5.91 Å². The number of likely N-dealkylation sites (N-methyl/N-ethyl adjacent to an activating group) is 1. The molecule has 25 heavy (non-hydrogen) atoms. The summed E-state index contributed by atoms with van der Waals surface area (Å²) in [6, 6.07) is 7.63. The number of ether oxygens (including phenoxy) is 1. The summed E-state index contributed by atoms with van der Waals surface area (Å²) in [6.07, 6.45) is 2.27. The van der Waals surface area contributed by atoms with E-state index in [0.29, 0.717) is 18.7 Å². The lowest BCUT2D eigenvalue weighted by atomic mass is 10.1. The monoisotopic (exact) mass is 343 g/mol. The van der Waals surface area contributed by atoms with Crippen LogP contribution in [-0.2, 0) is 4.74 Å². The van der Waals surface area contributed by atoms with Gasteiger partial charge in [-0.15, -0.1) is 0 Å². The quantitative estimate of drug-likeness (QED) is 0.910. The molecule has 1 aliphatic rings. The largest absolute Gasteiger partial charge is 0.444 e. The number of H-pyrrole nitrogens is 1. The summed E-state index contributed by atoms with van der Waals surface area (Å²) in [5, 5.41) is 1.08. The van der Waals surface area contributed by atoms with Crippen LogP contribution in [0.5, 0.6) is 0 Å². The second-order valence-corrected chi connectivity index (χ2v) is 7.56. The van der Waals surface area contributed by atoms with E-state index in [1.54, 1.807) is 16.8 Å². The average Bonchev–Trinajstić information content (AvgIpc) is 3.20. The zero-order valence-electron chi connectivity index (χ0n) is 15.2. The highest BCUT2D eigenvalue weighted by Gasteiger charge is 2.33. The Morgan fingerprint density at radius 1 is 1.28 bits per heavy atom. The van der Waals surface area contributed by atoms with Gasteiger partial charge in [0.15, 0.2) is 0 Å². The molecular weight excluding hydrogens is 318 g/mol. The van der Waals surface area contributed by atoms with E-state index in [9.17, 15) is 9.59 Å². The first-order valence-corrected chi connectivity index (χ1v) is 8.57. The van der Waals surface area contributed by atoms with Crippen LogP contribution in [0.4, 0.5) is 4.79 Å². The number of amides is 2. The topological polar surface area (TPSA) is 65.6 Å². The molecule has 0 aliphatic carbocycles. The molecule has 1 aromatic carbocycles. The minimum Gasteiger partial charge on any atom is -0.444 e. The number of nitrogens with zero attached hydrogens (tertiary/aromatic N) is 2. The summed E-state index contributed by atoms with van der Waals surface area (Å²) in [5.74, 6) is -0.00316. The third-order valence-corrected chi connectivity index (χ3v) is 4.48. The van der Waals surface area contributed by atoms with Crippen LogP contribution < -0.4 is 0 Å². The highest BCUT2D eigenvalue weighted by atomic mass is 16.6. The van der Waals surface area contributed by atoms with Crippen LogP contribution >= 0.6 is 0 Å². The Balaban J connectivity index is 1.65. The number of aromatic nitrogens is 1. The Morgan fingerprint density at radius 3 is 2.76 bits per heavy atom. The van der Waals surface area contributed by atoms with Gasteiger partial charge in [-0.1, -0.05) is 6.07 Å². The molecule has 2 heterocycles. The Bertz CT molecular complexity index is 791. The van der Waals surface area contributed by atoms with Gasteiger partial charge in [0, 0.05) is 37.4 Å². The van der Waals surface area contributed by atoms with Gasteiger partial charge in [0.2, 0.25) is 0 Å². The summed E-state index contributed by atoms with van der Waals surface area (Å²) < 4.78 is 5.41. The van der Waals surface area contributed by atoms with E-state index in [2.05, 4.69) is 4.98 Å². The van der Waals surface area contributed by atoms with E-state index in [4.69, 9.17) is 4.74 Å². The van der Waals surface area contributed by atoms with Gasteiger partial charge in [-0.05, 0) is 50.8 Å². The maximum atomic E-state index is 12.8. The Hall–Kier alpha value is -2.50. The van der Waals surface area contributed by atoms with Crippen molar-refractivity contribution in [3.8, 4) is 0 Å². The molecule has 0 bridgehead atoms. The molecule has 0 radical (unpaired) electrons. The van der Waals surface area contributed by atoms with Crippen LogP contribution in [0, 0.1) is 0 Å². The van der Waals surface area contributed by atoms with Crippen molar-refractivity contribution in [2.75, 3.05) is 20.1 Å². The second kappa shape index (κ2) is 6.43. The van der Waals surface area contributed by atoms with Gasteiger partial charge >= 0.3 is 6.09 Å². The summed E-state index contributed by atoms with van der Waals surface area (Å²) in [4.78, 5) is 31.5. The molecule has 1 aliphatic heterocycles. The smallest absolute Gasteiger partial charge is 0.410 e. The van der Waals surface area contributed by atoms with Gasteiger partial charge in [-0.2, -0.15) is 0 Å². The molecular formula is C19H25N3O3. The highest BCUT2D eigenvalue weighted by Crippen LogP contribution is 2.21. The molecule has 1 N–H and O–H groups in total. The van der Waals surface area contributed by atoms with Gasteiger partial charge < -0.3 is 19.5 Å². The van der Waals surface area contributed by atoms with Gasteiger partial charge in [-0.25, -0.2) is 4.79 Å². The van der Waals surface area contributed by atoms with Crippen molar-refractivity contribution in [1.82, 2.24) is 14.8 Å². The van der Waals surface area contributed by atoms with E-state index in [1.807, 2.05) is 51.2 Å². The minimum absolute atomic E-state index is 0.00316. The van der Waals surface area contributed by atoms with Crippen LogP contribution in [-0.4, -0.2) is 58.6 Å². The molecule has 6 heteroatoms. The lowest BCUT2D eigenvalue weighted by molar-refractivity contribution is 0.0226. The molecule has 1 fully saturated rings. The highest BCUT2D eigenvalue weighted by molar-refractivity contribution is 5.98. The van der Waals surface area contributed by atoms with Gasteiger partial charge in [0.1, 0.15) is 5.60 Å². The summed E-state index contributed by atoms with van der Waals surface area (Å²) >= 11 is 0. The molecule has 1 atom stereocenters. The van der Waals surface area contributed by atoms with Crippen LogP contribution in [0.25, 0.3) is 10.9 Å². The third-order valence-electron chi connectivity index (χ3n) is 4.48. The summed E-state index contributed by atoms with van der Waals surface area (Å²) in [7, 11) is 1.73. The fourth-order valence-electron chi connectivity index (χ4n) is 3.09. The lowest BCUT2D eigenvalue weighted by Crippen LogP contribution is -2.42. The molecule has 2 aromatic rings. The average molecular weight is 343 g/mol. The predicted molar refractivity (Wildman–Crippen MR) is 96.6 cm³/mol. The van der Waals surface area contributed by atoms with Crippen LogP contribution in [0.1, 0.15) is 37.6 Å². The number of nitrogens with one attached hydrogen (secondary N) is 1. The molecule has 134 valence electrons. The number of hydrogen-bond acceptors (Lipinski definition) is 3. The Kier molecular flexibility index (Phi) is 4.45. The Labute approximate surface area is 147 Å². The van der Waals surface area contributed by atoms with Crippen molar-refractivity contribution in [2.24, 2.45) is 0 Å². The van der Waals surface area contributed by atoms with Crippen molar-refractivity contribution in [3.05, 3.63) is 36.0 Å². The van der Waals surface area contributed by atoms with E-state index in [-0.39, 0.29) is 18.0 Å². The summed E-state index contributed by atoms with van der Waals surface area (Å²) in [6.45, 7) is 6.70. The standard InChI is InChI=1S/C19H25N3O3/c1-19(2,3)25-18(24)21(4)15-8-10-22(12-15)17(23)14-6-5-13-7-9-20-16(13)11-14/h5-7,9,11,15,20H,8,10,12H2,1-4H3/t15-/m0/s1. The van der Waals surface area contributed by atoms with Crippen molar-refractivity contribution in [3.63, 3.8) is 0 Å². The zero-order valence-corrected chi connectivity index (χ0v) is 15.2. The number of fused-ring (bicyclic) bond motifs is 1. The van der Waals surface area contributed by atoms with Crippen molar-refractivity contribution < 1.29 is 14.3 Å². The van der Waals surface area contributed by atoms with Crippen molar-refractivity contribution >= 4 is 22.9 Å². The van der Waals surface area contributed by atoms with Crippen LogP contribution in [0.15, 0.2) is 30.5 Å². The fraction of sp³-hybridized carbons (Fsp3) is 0.474. The first kappa shape index (κ1) is 17.3. The summed E-state index contributed by atoms with van der Waals surface area (Å²) in [5.41, 5.74) is 1.09. The molecule has 1 aromatic heterocycles. The van der Waals surface area contributed by atoms with E-state index in [0.717, 1.165) is 17.3 Å². The number of rotatable bonds is 2. The second-order valence-electron chi connectivity index (χ2n) is 7.56. The Morgan fingerprint density at radius 2 is 2.04 bits per heavy atom. The van der Waals surface area contributed by atoms with Crippen LogP contribution in [0.2, 0.25) is 0 Å². The maximum Gasteiger partial charge on any atom is 0.410 e. The molecule has 6 nitrogen and oxygen atoms in total. The van der Waals surface area contributed by atoms with E-state index >= 15 is 0 Å². The predicted octanol–water partition coefficient (Wildman–Crippen LogP) is 3.25. The number of aromatic amines is 1. The number of carbonyl (C=O) groups excluding carboxylic acids is 2. The minimum atomic E-state index is -0.523. The molecule has 2 amide bonds. The van der Waals surface area contributed by atoms with Crippen LogP contribution in [0.3, 0.4) is 0 Å². The zero-order chi connectivity index (χ0) is 18.2. The first-order chi connectivity index (χ1) is 11.7. The van der Waals surface area contributed by atoms with Gasteiger partial charge in [-0.3, -0.25) is 4.79 Å². The lowest BCUT2D eigenvalue weighted by Gasteiger charge is -2.28. The van der Waals surface area contributed by atoms with E-state index in [1.165, 1.54) is 0 Å². The van der Waals surface area contributed by atoms with E-state index < -0.39 is 5.60 Å². The normalized spacial score (nSPS) is 17.8. The molecule has 1 saturated heterocycles. The van der Waals surface area contributed by atoms with Crippen molar-refractivity contribution in [2.45, 2.75) is 38.8 Å². The fourth-order valence-corrected chi connectivity index (χ4v) is 3.09. The third kappa shape index (κ3) is 3.78. The molecule has 0 spiro atoms. The number of hydrogen-bond donors (Lipinski definition) is 1. The molecule has 0 unspecified atom stereocenters. The van der Waals surface area contributed by atoms with Crippen molar-refractivity contribution in [1.29, 1.82) is 0 Å². The number of likely N-dealkylation sites (tertiary alicyclic amines) is 1. The SMILES string of the molecule is CN(C(=O)OC(C)(C)C)[C@H]1CCN(C(=O)c2ccc3cc[nH]c3c2)C1.